The van der Waals surface area contributed by atoms with Crippen molar-refractivity contribution in [2.24, 2.45) is 5.92 Å². The van der Waals surface area contributed by atoms with Gasteiger partial charge in [0.2, 0.25) is 0 Å². The third kappa shape index (κ3) is 1.94. The van der Waals surface area contributed by atoms with Gasteiger partial charge in [-0.1, -0.05) is 6.92 Å². The number of nitrogens with one attached hydrogen (secondary N) is 1. The Balaban J connectivity index is 1.78. The van der Waals surface area contributed by atoms with Gasteiger partial charge >= 0.3 is 0 Å². The van der Waals surface area contributed by atoms with Gasteiger partial charge in [0.05, 0.1) is 0 Å². The Hall–Kier alpha value is -1.02. The van der Waals surface area contributed by atoms with Crippen molar-refractivity contribution in [3.8, 4) is 0 Å². The predicted molar refractivity (Wildman–Crippen MR) is 72.3 cm³/mol. The molecule has 0 radical (unpaired) electrons. The molecule has 0 saturated heterocycles. The van der Waals surface area contributed by atoms with E-state index in [1.807, 2.05) is 11.3 Å². The van der Waals surface area contributed by atoms with Crippen LogP contribution >= 0.6 is 11.3 Å². The maximum atomic E-state index is 3.66. The lowest BCUT2D eigenvalue weighted by molar-refractivity contribution is 0.602. The number of anilines is 1. The molecule has 1 fully saturated rings. The topological polar surface area (TPSA) is 12.0 Å². The van der Waals surface area contributed by atoms with E-state index in [9.17, 15) is 0 Å². The monoisotopic (exact) mass is 231 g/mol. The van der Waals surface area contributed by atoms with E-state index in [1.54, 1.807) is 0 Å². The minimum atomic E-state index is 0.686. The van der Waals surface area contributed by atoms with Crippen LogP contribution in [-0.2, 0) is 0 Å². The lowest BCUT2D eigenvalue weighted by Crippen LogP contribution is -2.14. The summed E-state index contributed by atoms with van der Waals surface area (Å²) in [5.41, 5.74) is 1.28. The quantitative estimate of drug-likeness (QED) is 0.802. The van der Waals surface area contributed by atoms with Crippen LogP contribution in [0.5, 0.6) is 0 Å². The van der Waals surface area contributed by atoms with Crippen molar-refractivity contribution in [1.82, 2.24) is 0 Å². The summed E-state index contributed by atoms with van der Waals surface area (Å²) in [6.07, 6.45) is 4.02. The smallest absolute Gasteiger partial charge is 0.0349 e. The van der Waals surface area contributed by atoms with E-state index in [-0.39, 0.29) is 0 Å². The van der Waals surface area contributed by atoms with Crippen molar-refractivity contribution in [1.29, 1.82) is 0 Å². The summed E-state index contributed by atoms with van der Waals surface area (Å²) in [6.45, 7) is 2.35. The van der Waals surface area contributed by atoms with Gasteiger partial charge < -0.3 is 5.32 Å². The molecular formula is C14H17NS. The molecule has 2 atom stereocenters. The van der Waals surface area contributed by atoms with Crippen molar-refractivity contribution >= 4 is 27.1 Å². The molecule has 1 heterocycles. The second-order valence-corrected chi connectivity index (χ2v) is 5.88. The first-order chi connectivity index (χ1) is 7.81. The van der Waals surface area contributed by atoms with Crippen LogP contribution in [0.3, 0.4) is 0 Å². The number of fused-ring (bicyclic) bond motifs is 1. The van der Waals surface area contributed by atoms with Crippen LogP contribution in [-0.4, -0.2) is 6.04 Å². The van der Waals surface area contributed by atoms with Crippen LogP contribution in [0.1, 0.15) is 26.2 Å². The summed E-state index contributed by atoms with van der Waals surface area (Å²) in [6, 6.07) is 9.59. The summed E-state index contributed by atoms with van der Waals surface area (Å²) in [5.74, 6) is 0.891. The Bertz CT molecular complexity index is 488. The molecule has 2 aromatic rings. The number of hydrogen-bond acceptors (Lipinski definition) is 2. The van der Waals surface area contributed by atoms with Crippen molar-refractivity contribution in [2.45, 2.75) is 32.2 Å². The standard InChI is InChI=1S/C14H17NS/c1-10-2-3-12(8-10)15-13-4-5-14-11(9-13)6-7-16-14/h4-7,9-10,12,15H,2-3,8H2,1H3. The Morgan fingerprint density at radius 3 is 3.00 bits per heavy atom. The van der Waals surface area contributed by atoms with Gasteiger partial charge in [-0.15, -0.1) is 11.3 Å². The summed E-state index contributed by atoms with van der Waals surface area (Å²) in [5, 5.41) is 7.18. The Labute approximate surface area is 100 Å². The first kappa shape index (κ1) is 10.2. The Kier molecular flexibility index (Phi) is 2.60. The number of benzene rings is 1. The van der Waals surface area contributed by atoms with Crippen molar-refractivity contribution in [2.75, 3.05) is 5.32 Å². The predicted octanol–water partition coefficient (Wildman–Crippen LogP) is 4.50. The van der Waals surface area contributed by atoms with Crippen molar-refractivity contribution in [3.63, 3.8) is 0 Å². The lowest BCUT2D eigenvalue weighted by Gasteiger charge is -2.13. The minimum absolute atomic E-state index is 0.686. The highest BCUT2D eigenvalue weighted by atomic mass is 32.1. The van der Waals surface area contributed by atoms with E-state index in [1.165, 1.54) is 35.0 Å². The second kappa shape index (κ2) is 4.10. The van der Waals surface area contributed by atoms with Crippen LogP contribution in [0.4, 0.5) is 5.69 Å². The zero-order valence-corrected chi connectivity index (χ0v) is 10.4. The molecule has 2 heteroatoms. The SMILES string of the molecule is CC1CCC(Nc2ccc3sccc3c2)C1. The zero-order valence-electron chi connectivity index (χ0n) is 9.57. The maximum absolute atomic E-state index is 3.66. The lowest BCUT2D eigenvalue weighted by atomic mass is 10.1. The molecule has 1 N–H and O–H groups in total. The molecule has 0 amide bonds. The zero-order chi connectivity index (χ0) is 11.0. The van der Waals surface area contributed by atoms with Gasteiger partial charge in [0, 0.05) is 16.4 Å². The van der Waals surface area contributed by atoms with E-state index in [4.69, 9.17) is 0 Å². The van der Waals surface area contributed by atoms with Gasteiger partial charge in [0.1, 0.15) is 0 Å². The molecule has 1 saturated carbocycles. The molecule has 16 heavy (non-hydrogen) atoms. The molecule has 3 rings (SSSR count). The molecule has 1 aromatic heterocycles. The van der Waals surface area contributed by atoms with Gasteiger partial charge in [-0.3, -0.25) is 0 Å². The molecule has 0 spiro atoms. The van der Waals surface area contributed by atoms with E-state index in [0.717, 1.165) is 5.92 Å². The molecule has 1 aromatic carbocycles. The number of rotatable bonds is 2. The van der Waals surface area contributed by atoms with Gasteiger partial charge in [-0.2, -0.15) is 0 Å². The van der Waals surface area contributed by atoms with Gasteiger partial charge in [0.15, 0.2) is 0 Å². The molecule has 1 aliphatic carbocycles. The van der Waals surface area contributed by atoms with E-state index >= 15 is 0 Å². The average Bonchev–Trinajstić information content (AvgIpc) is 2.87. The molecule has 1 nitrogen and oxygen atoms in total. The molecule has 2 unspecified atom stereocenters. The van der Waals surface area contributed by atoms with Crippen LogP contribution in [0.15, 0.2) is 29.6 Å². The van der Waals surface area contributed by atoms with Gasteiger partial charge in [-0.05, 0) is 60.2 Å². The second-order valence-electron chi connectivity index (χ2n) is 4.93. The van der Waals surface area contributed by atoms with Crippen LogP contribution in [0, 0.1) is 5.92 Å². The third-order valence-electron chi connectivity index (χ3n) is 3.52. The highest BCUT2D eigenvalue weighted by Crippen LogP contribution is 2.29. The minimum Gasteiger partial charge on any atom is -0.382 e. The molecule has 84 valence electrons. The van der Waals surface area contributed by atoms with Gasteiger partial charge in [-0.25, -0.2) is 0 Å². The molecule has 1 aliphatic rings. The summed E-state index contributed by atoms with van der Waals surface area (Å²) >= 11 is 1.81. The van der Waals surface area contributed by atoms with Crippen LogP contribution < -0.4 is 5.32 Å². The van der Waals surface area contributed by atoms with Gasteiger partial charge in [0.25, 0.3) is 0 Å². The average molecular weight is 231 g/mol. The van der Waals surface area contributed by atoms with Crippen LogP contribution in [0.2, 0.25) is 0 Å². The highest BCUT2D eigenvalue weighted by molar-refractivity contribution is 7.17. The fourth-order valence-corrected chi connectivity index (χ4v) is 3.40. The Morgan fingerprint density at radius 1 is 1.25 bits per heavy atom. The largest absolute Gasteiger partial charge is 0.382 e. The number of hydrogen-bond donors (Lipinski definition) is 1. The van der Waals surface area contributed by atoms with E-state index in [0.29, 0.717) is 6.04 Å². The molecule has 0 bridgehead atoms. The van der Waals surface area contributed by atoms with E-state index < -0.39 is 0 Å². The Morgan fingerprint density at radius 2 is 2.19 bits per heavy atom. The van der Waals surface area contributed by atoms with Crippen LogP contribution in [0.25, 0.3) is 10.1 Å². The first-order valence-electron chi connectivity index (χ1n) is 6.05. The fourth-order valence-electron chi connectivity index (χ4n) is 2.63. The normalized spacial score (nSPS) is 25.1. The maximum Gasteiger partial charge on any atom is 0.0349 e. The first-order valence-corrected chi connectivity index (χ1v) is 6.93. The molecule has 0 aliphatic heterocycles. The molecular weight excluding hydrogens is 214 g/mol. The fraction of sp³-hybridized carbons (Fsp3) is 0.429. The third-order valence-corrected chi connectivity index (χ3v) is 4.42. The summed E-state index contributed by atoms with van der Waals surface area (Å²) in [7, 11) is 0. The highest BCUT2D eigenvalue weighted by Gasteiger charge is 2.20. The number of thiophene rings is 1. The van der Waals surface area contributed by atoms with Crippen molar-refractivity contribution in [3.05, 3.63) is 29.6 Å². The summed E-state index contributed by atoms with van der Waals surface area (Å²) in [4.78, 5) is 0. The van der Waals surface area contributed by atoms with Crippen molar-refractivity contribution < 1.29 is 0 Å². The summed E-state index contributed by atoms with van der Waals surface area (Å²) < 4.78 is 1.38. The van der Waals surface area contributed by atoms with E-state index in [2.05, 4.69) is 41.9 Å².